The average molecular weight is 459 g/mol. The summed E-state index contributed by atoms with van der Waals surface area (Å²) in [6, 6.07) is 12.1. The Morgan fingerprint density at radius 2 is 1.77 bits per heavy atom. The summed E-state index contributed by atoms with van der Waals surface area (Å²) < 4.78 is 0. The molecule has 0 saturated carbocycles. The van der Waals surface area contributed by atoms with Crippen molar-refractivity contribution in [3.8, 4) is 0 Å². The van der Waals surface area contributed by atoms with E-state index >= 15 is 0 Å². The number of carbonyl (C=O) groups excluding carboxylic acids is 1. The molecule has 2 aromatic heterocycles. The van der Waals surface area contributed by atoms with E-state index in [2.05, 4.69) is 49.3 Å². The number of aromatic amines is 1. The molecule has 0 bridgehead atoms. The molecule has 5 rings (SSSR count). The number of carbonyl (C=O) groups is 1. The van der Waals surface area contributed by atoms with Gasteiger partial charge in [0.05, 0.1) is 0 Å². The predicted octanol–water partition coefficient (Wildman–Crippen LogP) is 3.08. The van der Waals surface area contributed by atoms with Crippen molar-refractivity contribution in [2.75, 3.05) is 38.1 Å². The van der Waals surface area contributed by atoms with E-state index in [1.807, 2.05) is 30.5 Å². The Balaban J connectivity index is 0.00000136. The first kappa shape index (κ1) is 22.8. The van der Waals surface area contributed by atoms with E-state index in [0.29, 0.717) is 11.5 Å². The summed E-state index contributed by atoms with van der Waals surface area (Å²) in [5.41, 5.74) is 4.19. The summed E-state index contributed by atoms with van der Waals surface area (Å²) in [4.78, 5) is 29.1. The molecule has 3 aromatic rings. The number of fused-ring (bicyclic) bond motifs is 1. The van der Waals surface area contributed by atoms with Gasteiger partial charge in [0, 0.05) is 60.8 Å². The number of anilines is 1. The predicted molar refractivity (Wildman–Crippen MR) is 129 cm³/mol. The van der Waals surface area contributed by atoms with Crippen molar-refractivity contribution in [1.29, 1.82) is 0 Å². The Hall–Kier alpha value is -2.87. The number of hydrogen-bond donors (Lipinski definition) is 2. The van der Waals surface area contributed by atoms with Crippen molar-refractivity contribution in [1.82, 2.24) is 20.2 Å². The van der Waals surface area contributed by atoms with Gasteiger partial charge in [-0.15, -0.1) is 24.8 Å². The van der Waals surface area contributed by atoms with Crippen LogP contribution in [0.25, 0.3) is 17.1 Å². The maximum Gasteiger partial charge on any atom is 0.275 e. The number of halogens is 2. The van der Waals surface area contributed by atoms with Gasteiger partial charge < -0.3 is 20.1 Å². The Morgan fingerprint density at radius 1 is 1.03 bits per heavy atom. The first-order valence-corrected chi connectivity index (χ1v) is 9.75. The lowest BCUT2D eigenvalue weighted by molar-refractivity contribution is -0.115. The molecule has 2 aliphatic rings. The number of rotatable bonds is 3. The molecule has 0 radical (unpaired) electrons. The Kier molecular flexibility index (Phi) is 7.00. The van der Waals surface area contributed by atoms with Crippen LogP contribution in [-0.4, -0.2) is 59.8 Å². The molecule has 1 aromatic carbocycles. The number of nitrogens with one attached hydrogen (secondary N) is 2. The first-order chi connectivity index (χ1) is 14.2. The molecule has 2 aliphatic heterocycles. The zero-order valence-corrected chi connectivity index (χ0v) is 18.7. The van der Waals surface area contributed by atoms with Gasteiger partial charge in [-0.3, -0.25) is 4.79 Å². The van der Waals surface area contributed by atoms with Gasteiger partial charge in [0.15, 0.2) is 0 Å². The van der Waals surface area contributed by atoms with Crippen LogP contribution in [0.1, 0.15) is 11.1 Å². The highest BCUT2D eigenvalue weighted by Crippen LogP contribution is 2.22. The third-order valence-corrected chi connectivity index (χ3v) is 5.48. The number of benzene rings is 1. The lowest BCUT2D eigenvalue weighted by Gasteiger charge is -2.34. The van der Waals surface area contributed by atoms with Crippen LogP contribution < -0.4 is 10.2 Å². The fourth-order valence-electron chi connectivity index (χ4n) is 3.74. The number of amidine groups is 1. The number of piperazine rings is 1. The molecule has 4 heterocycles. The van der Waals surface area contributed by atoms with Gasteiger partial charge in [-0.05, 0) is 49.5 Å². The number of H-pyrrole nitrogens is 1. The summed E-state index contributed by atoms with van der Waals surface area (Å²) in [5, 5.41) is 3.85. The van der Waals surface area contributed by atoms with Crippen molar-refractivity contribution in [3.05, 3.63) is 65.6 Å². The van der Waals surface area contributed by atoms with Crippen LogP contribution in [0.5, 0.6) is 0 Å². The standard InChI is InChI=1S/C22H22N6O.2ClH/c1-27-9-11-28(12-10-27)17-6-4-15(5-7-17)20-25-19(22(29)26-20)13-16-14-24-21-18(16)3-2-8-23-21;;/h2-8,13-14H,9-12H2,1H3,(H,23,24)(H,25,26,29);2*1H/b19-13+;;. The first-order valence-electron chi connectivity index (χ1n) is 9.75. The normalized spacial score (nSPS) is 17.8. The molecule has 0 aliphatic carbocycles. The number of amides is 1. The van der Waals surface area contributed by atoms with E-state index in [-0.39, 0.29) is 30.7 Å². The van der Waals surface area contributed by atoms with Gasteiger partial charge in [0.2, 0.25) is 0 Å². The molecule has 9 heteroatoms. The zero-order valence-electron chi connectivity index (χ0n) is 17.0. The zero-order chi connectivity index (χ0) is 19.8. The van der Waals surface area contributed by atoms with Crippen molar-refractivity contribution in [2.24, 2.45) is 4.99 Å². The third-order valence-electron chi connectivity index (χ3n) is 5.48. The van der Waals surface area contributed by atoms with Crippen LogP contribution in [0.4, 0.5) is 5.69 Å². The molecule has 0 spiro atoms. The molecular formula is C22H24Cl2N6O. The van der Waals surface area contributed by atoms with Gasteiger partial charge >= 0.3 is 0 Å². The minimum atomic E-state index is -0.193. The number of pyridine rings is 1. The summed E-state index contributed by atoms with van der Waals surface area (Å²) >= 11 is 0. The SMILES string of the molecule is CN1CCN(c2ccc(C3=N/C(=C/c4c[nH]c5ncccc45)C(=O)N3)cc2)CC1.Cl.Cl. The number of nitrogens with zero attached hydrogens (tertiary/aromatic N) is 4. The molecular weight excluding hydrogens is 435 g/mol. The maximum absolute atomic E-state index is 12.4. The molecule has 1 fully saturated rings. The van der Waals surface area contributed by atoms with Gasteiger partial charge in [-0.25, -0.2) is 9.98 Å². The minimum absolute atomic E-state index is 0. The van der Waals surface area contributed by atoms with Crippen molar-refractivity contribution < 1.29 is 4.79 Å². The maximum atomic E-state index is 12.4. The fourth-order valence-corrected chi connectivity index (χ4v) is 3.74. The van der Waals surface area contributed by atoms with Crippen LogP contribution in [-0.2, 0) is 4.79 Å². The number of aromatic nitrogens is 2. The molecule has 1 amide bonds. The second-order valence-electron chi connectivity index (χ2n) is 7.42. The van der Waals surface area contributed by atoms with Crippen LogP contribution in [0, 0.1) is 0 Å². The quantitative estimate of drug-likeness (QED) is 0.591. The molecule has 0 atom stereocenters. The highest BCUT2D eigenvalue weighted by molar-refractivity contribution is 6.20. The van der Waals surface area contributed by atoms with Gasteiger partial charge in [0.1, 0.15) is 17.2 Å². The molecule has 7 nitrogen and oxygen atoms in total. The smallest absolute Gasteiger partial charge is 0.275 e. The van der Waals surface area contributed by atoms with Gasteiger partial charge in [-0.1, -0.05) is 0 Å². The van der Waals surface area contributed by atoms with Gasteiger partial charge in [0.25, 0.3) is 5.91 Å². The summed E-state index contributed by atoms with van der Waals surface area (Å²) in [6.45, 7) is 4.20. The lowest BCUT2D eigenvalue weighted by Crippen LogP contribution is -2.44. The summed E-state index contributed by atoms with van der Waals surface area (Å²) in [5.74, 6) is 0.394. The topological polar surface area (TPSA) is 76.6 Å². The highest BCUT2D eigenvalue weighted by Gasteiger charge is 2.22. The second kappa shape index (κ2) is 9.51. The largest absolute Gasteiger partial charge is 0.369 e. The monoisotopic (exact) mass is 458 g/mol. The van der Waals surface area contributed by atoms with Crippen molar-refractivity contribution >= 4 is 59.4 Å². The molecule has 31 heavy (non-hydrogen) atoms. The molecule has 0 unspecified atom stereocenters. The van der Waals surface area contributed by atoms with E-state index in [0.717, 1.165) is 48.3 Å². The van der Waals surface area contributed by atoms with Crippen LogP contribution in [0.2, 0.25) is 0 Å². The summed E-state index contributed by atoms with van der Waals surface area (Å²) in [6.07, 6.45) is 5.37. The highest BCUT2D eigenvalue weighted by atomic mass is 35.5. The Morgan fingerprint density at radius 3 is 2.52 bits per heavy atom. The number of likely N-dealkylation sites (N-methyl/N-ethyl adjacent to an activating group) is 1. The Bertz CT molecular complexity index is 1130. The number of hydrogen-bond acceptors (Lipinski definition) is 5. The van der Waals surface area contributed by atoms with E-state index in [1.165, 1.54) is 5.69 Å². The lowest BCUT2D eigenvalue weighted by atomic mass is 10.1. The molecule has 2 N–H and O–H groups in total. The van der Waals surface area contributed by atoms with Crippen LogP contribution in [0.15, 0.2) is 59.5 Å². The van der Waals surface area contributed by atoms with Crippen LogP contribution in [0.3, 0.4) is 0 Å². The van der Waals surface area contributed by atoms with E-state index in [9.17, 15) is 4.79 Å². The fraction of sp³-hybridized carbons (Fsp3) is 0.227. The van der Waals surface area contributed by atoms with Gasteiger partial charge in [-0.2, -0.15) is 0 Å². The van der Waals surface area contributed by atoms with E-state index in [4.69, 9.17) is 0 Å². The van der Waals surface area contributed by atoms with Crippen LogP contribution >= 0.6 is 24.8 Å². The number of aliphatic imine (C=N–C) groups is 1. The Labute approximate surface area is 193 Å². The van der Waals surface area contributed by atoms with E-state index in [1.54, 1.807) is 12.3 Å². The van der Waals surface area contributed by atoms with Crippen molar-refractivity contribution in [2.45, 2.75) is 0 Å². The third kappa shape index (κ3) is 4.58. The molecule has 162 valence electrons. The molecule has 1 saturated heterocycles. The van der Waals surface area contributed by atoms with Crippen molar-refractivity contribution in [3.63, 3.8) is 0 Å². The van der Waals surface area contributed by atoms with E-state index < -0.39 is 0 Å². The second-order valence-corrected chi connectivity index (χ2v) is 7.42. The minimum Gasteiger partial charge on any atom is -0.369 e. The average Bonchev–Trinajstić information content (AvgIpc) is 3.33. The summed E-state index contributed by atoms with van der Waals surface area (Å²) in [7, 11) is 2.15.